The van der Waals surface area contributed by atoms with E-state index < -0.39 is 0 Å². The molecule has 0 unspecified atom stereocenters. The molecular formula is C9H13NO. The molecule has 2 bridgehead atoms. The number of hydrogen-bond acceptors (Lipinski definition) is 2. The Hall–Kier alpha value is -0.340. The Morgan fingerprint density at radius 2 is 2.55 bits per heavy atom. The third-order valence-corrected chi connectivity index (χ3v) is 3.43. The van der Waals surface area contributed by atoms with Crippen molar-refractivity contribution in [3.05, 3.63) is 12.2 Å². The average Bonchev–Trinajstić information content (AvgIpc) is 2.62. The summed E-state index contributed by atoms with van der Waals surface area (Å²) in [5, 5.41) is 3.46. The van der Waals surface area contributed by atoms with Gasteiger partial charge in [0.05, 0.1) is 6.10 Å². The van der Waals surface area contributed by atoms with Crippen molar-refractivity contribution in [2.45, 2.75) is 31.1 Å². The third-order valence-electron chi connectivity index (χ3n) is 3.43. The van der Waals surface area contributed by atoms with E-state index in [4.69, 9.17) is 4.74 Å². The van der Waals surface area contributed by atoms with Gasteiger partial charge < -0.3 is 10.1 Å². The van der Waals surface area contributed by atoms with Crippen LogP contribution in [0, 0.1) is 5.92 Å². The summed E-state index contributed by atoms with van der Waals surface area (Å²) in [6.07, 6.45) is 6.16. The van der Waals surface area contributed by atoms with Gasteiger partial charge in [0.1, 0.15) is 5.60 Å². The maximum atomic E-state index is 5.92. The smallest absolute Gasteiger partial charge is 0.106 e. The van der Waals surface area contributed by atoms with Crippen LogP contribution in [0.15, 0.2) is 12.2 Å². The molecule has 1 spiro atoms. The van der Waals surface area contributed by atoms with Crippen LogP contribution in [0.3, 0.4) is 0 Å². The second kappa shape index (κ2) is 1.70. The normalized spacial score (nSPS) is 58.8. The van der Waals surface area contributed by atoms with Gasteiger partial charge in [0.15, 0.2) is 0 Å². The Morgan fingerprint density at radius 1 is 1.64 bits per heavy atom. The van der Waals surface area contributed by atoms with Crippen molar-refractivity contribution in [2.24, 2.45) is 5.92 Å². The molecule has 0 aliphatic carbocycles. The summed E-state index contributed by atoms with van der Waals surface area (Å²) in [6, 6.07) is 0.510. The number of nitrogens with one attached hydrogen (secondary N) is 1. The highest BCUT2D eigenvalue weighted by atomic mass is 16.5. The molecule has 0 saturated carbocycles. The van der Waals surface area contributed by atoms with Gasteiger partial charge in [-0.2, -0.15) is 0 Å². The Morgan fingerprint density at radius 3 is 3.27 bits per heavy atom. The molecule has 3 aliphatic heterocycles. The van der Waals surface area contributed by atoms with E-state index in [1.165, 1.54) is 6.42 Å². The molecule has 3 aliphatic rings. The maximum absolute atomic E-state index is 5.92. The van der Waals surface area contributed by atoms with Crippen LogP contribution in [0.4, 0.5) is 0 Å². The molecule has 0 aromatic heterocycles. The molecule has 60 valence electrons. The summed E-state index contributed by atoms with van der Waals surface area (Å²) in [7, 11) is 0. The van der Waals surface area contributed by atoms with E-state index in [9.17, 15) is 0 Å². The largest absolute Gasteiger partial charge is 0.362 e. The van der Waals surface area contributed by atoms with Crippen LogP contribution in [0.2, 0.25) is 0 Å². The van der Waals surface area contributed by atoms with Gasteiger partial charge in [-0.1, -0.05) is 12.2 Å². The monoisotopic (exact) mass is 151 g/mol. The molecular weight excluding hydrogens is 138 g/mol. The van der Waals surface area contributed by atoms with E-state index in [0.717, 1.165) is 12.5 Å². The van der Waals surface area contributed by atoms with Crippen molar-refractivity contribution >= 4 is 0 Å². The summed E-state index contributed by atoms with van der Waals surface area (Å²) in [5.74, 6) is 0.743. The van der Waals surface area contributed by atoms with Gasteiger partial charge >= 0.3 is 0 Å². The van der Waals surface area contributed by atoms with Crippen LogP contribution in [0.5, 0.6) is 0 Å². The van der Waals surface area contributed by atoms with E-state index in [0.29, 0.717) is 12.1 Å². The fraction of sp³-hybridized carbons (Fsp3) is 0.778. The molecule has 2 fully saturated rings. The van der Waals surface area contributed by atoms with Crippen molar-refractivity contribution in [3.8, 4) is 0 Å². The summed E-state index contributed by atoms with van der Waals surface area (Å²) in [5.41, 5.74) is 0.0880. The van der Waals surface area contributed by atoms with E-state index in [1.807, 2.05) is 0 Å². The van der Waals surface area contributed by atoms with Crippen molar-refractivity contribution < 1.29 is 4.74 Å². The van der Waals surface area contributed by atoms with Crippen molar-refractivity contribution in [1.82, 2.24) is 5.32 Å². The summed E-state index contributed by atoms with van der Waals surface area (Å²) < 4.78 is 5.92. The minimum atomic E-state index is 0.0880. The van der Waals surface area contributed by atoms with E-state index in [2.05, 4.69) is 24.4 Å². The van der Waals surface area contributed by atoms with Crippen molar-refractivity contribution in [3.63, 3.8) is 0 Å². The van der Waals surface area contributed by atoms with Crippen molar-refractivity contribution in [1.29, 1.82) is 0 Å². The topological polar surface area (TPSA) is 21.3 Å². The zero-order valence-electron chi connectivity index (χ0n) is 6.71. The molecule has 0 amide bonds. The first kappa shape index (κ1) is 6.21. The quantitative estimate of drug-likeness (QED) is 0.514. The third kappa shape index (κ3) is 0.565. The molecule has 2 saturated heterocycles. The molecule has 3 heterocycles. The van der Waals surface area contributed by atoms with Gasteiger partial charge in [-0.3, -0.25) is 0 Å². The highest BCUT2D eigenvalue weighted by Crippen LogP contribution is 2.47. The highest BCUT2D eigenvalue weighted by molar-refractivity contribution is 5.26. The van der Waals surface area contributed by atoms with Crippen molar-refractivity contribution in [2.75, 3.05) is 6.54 Å². The van der Waals surface area contributed by atoms with Crippen LogP contribution >= 0.6 is 0 Å². The second-order valence-corrected chi connectivity index (χ2v) is 3.93. The van der Waals surface area contributed by atoms with Crippen LogP contribution in [0.1, 0.15) is 13.3 Å². The zero-order valence-corrected chi connectivity index (χ0v) is 6.71. The molecule has 4 atom stereocenters. The molecule has 0 aromatic rings. The van der Waals surface area contributed by atoms with E-state index in [-0.39, 0.29) is 5.60 Å². The zero-order chi connectivity index (χ0) is 7.47. The summed E-state index contributed by atoms with van der Waals surface area (Å²) >= 11 is 0. The second-order valence-electron chi connectivity index (χ2n) is 3.93. The van der Waals surface area contributed by atoms with Gasteiger partial charge in [-0.15, -0.1) is 0 Å². The SMILES string of the molecule is C[C@@H]1NC[C@H]2C[C@@H]3C=C[C@@]21O3. The predicted octanol–water partition coefficient (Wildman–Crippen LogP) is 0.692. The minimum absolute atomic E-state index is 0.0880. The van der Waals surface area contributed by atoms with Gasteiger partial charge in [0, 0.05) is 18.5 Å². The van der Waals surface area contributed by atoms with Gasteiger partial charge in [0.2, 0.25) is 0 Å². The molecule has 2 heteroatoms. The highest BCUT2D eigenvalue weighted by Gasteiger charge is 2.56. The molecule has 0 radical (unpaired) electrons. The number of rotatable bonds is 0. The lowest BCUT2D eigenvalue weighted by molar-refractivity contribution is 0.0125. The van der Waals surface area contributed by atoms with Crippen LogP contribution < -0.4 is 5.32 Å². The minimum Gasteiger partial charge on any atom is -0.362 e. The molecule has 3 rings (SSSR count). The number of fused-ring (bicyclic) bond motifs is 1. The molecule has 0 aromatic carbocycles. The first-order chi connectivity index (χ1) is 5.31. The molecule has 11 heavy (non-hydrogen) atoms. The fourth-order valence-corrected chi connectivity index (χ4v) is 2.74. The average molecular weight is 151 g/mol. The maximum Gasteiger partial charge on any atom is 0.106 e. The van der Waals surface area contributed by atoms with Crippen LogP contribution in [-0.2, 0) is 4.74 Å². The number of hydrogen-bond donors (Lipinski definition) is 1. The first-order valence-corrected chi connectivity index (χ1v) is 4.42. The van der Waals surface area contributed by atoms with E-state index >= 15 is 0 Å². The van der Waals surface area contributed by atoms with Gasteiger partial charge in [-0.05, 0) is 13.3 Å². The van der Waals surface area contributed by atoms with Gasteiger partial charge in [0.25, 0.3) is 0 Å². The fourth-order valence-electron chi connectivity index (χ4n) is 2.74. The predicted molar refractivity (Wildman–Crippen MR) is 42.3 cm³/mol. The lowest BCUT2D eigenvalue weighted by Crippen LogP contribution is -2.40. The van der Waals surface area contributed by atoms with Crippen LogP contribution in [0.25, 0.3) is 0 Å². The molecule has 1 N–H and O–H groups in total. The first-order valence-electron chi connectivity index (χ1n) is 4.42. The summed E-state index contributed by atoms with van der Waals surface area (Å²) in [6.45, 7) is 3.36. The summed E-state index contributed by atoms with van der Waals surface area (Å²) in [4.78, 5) is 0. The van der Waals surface area contributed by atoms with Crippen LogP contribution in [-0.4, -0.2) is 24.3 Å². The Balaban J connectivity index is 2.07. The lowest BCUT2D eigenvalue weighted by atomic mass is 9.82. The van der Waals surface area contributed by atoms with E-state index in [1.54, 1.807) is 0 Å². The molecule has 2 nitrogen and oxygen atoms in total. The van der Waals surface area contributed by atoms with Gasteiger partial charge in [-0.25, -0.2) is 0 Å². The Kier molecular flexibility index (Phi) is 0.958. The standard InChI is InChI=1S/C9H13NO/c1-6-9-3-2-8(11-9)4-7(9)5-10-6/h2-3,6-8,10H,4-5H2,1H3/t6-,7+,8-,9-/m0/s1. The number of ether oxygens (including phenoxy) is 1. The Labute approximate surface area is 66.6 Å². The Bertz CT molecular complexity index is 226. The lowest BCUT2D eigenvalue weighted by Gasteiger charge is -2.26.